The van der Waals surface area contributed by atoms with E-state index in [0.29, 0.717) is 29.8 Å². The number of esters is 1. The second-order valence-corrected chi connectivity index (χ2v) is 9.69. The van der Waals surface area contributed by atoms with Gasteiger partial charge in [-0.15, -0.1) is 0 Å². The molecule has 2 aliphatic rings. The topological polar surface area (TPSA) is 75.7 Å². The van der Waals surface area contributed by atoms with Crippen LogP contribution in [0.4, 0.5) is 15.8 Å². The zero-order chi connectivity index (χ0) is 25.6. The Bertz CT molecular complexity index is 1370. The number of carbonyl (C=O) groups excluding carboxylic acids is 3. The van der Waals surface area contributed by atoms with Gasteiger partial charge in [0.15, 0.2) is 0 Å². The minimum Gasteiger partial charge on any atom is -0.467 e. The number of rotatable bonds is 6. The number of anilines is 2. The third-order valence-corrected chi connectivity index (χ3v) is 7.33. The predicted octanol–water partition coefficient (Wildman–Crippen LogP) is 5.36. The number of hydrogen-bond acceptors (Lipinski definition) is 4. The first-order valence-electron chi connectivity index (χ1n) is 11.3. The van der Waals surface area contributed by atoms with Crippen molar-refractivity contribution in [2.45, 2.75) is 30.7 Å². The normalized spacial score (nSPS) is 16.0. The van der Waals surface area contributed by atoms with E-state index in [1.807, 2.05) is 6.07 Å². The van der Waals surface area contributed by atoms with E-state index in [-0.39, 0.29) is 27.9 Å². The van der Waals surface area contributed by atoms with Gasteiger partial charge in [-0.3, -0.25) is 14.5 Å². The molecular formula is C27H21Cl2FN2O4. The standard InChI is InChI=1S/C27H21Cl2FN2O4/c1-36-25(34)21(31-24(33)22-18(28)5-3-6-19(22)29)14-15-8-10-16(11-9-15)32-23-17(4-2-7-20(23)30)27(12-13-27)26(32)35/h2-11,21H,12-14H2,1H3,(H,31,33)/t21-/m0/s1. The van der Waals surface area contributed by atoms with Crippen molar-refractivity contribution >= 4 is 52.4 Å². The Balaban J connectivity index is 1.38. The number of nitrogens with one attached hydrogen (secondary N) is 1. The fourth-order valence-corrected chi connectivity index (χ4v) is 5.28. The molecule has 0 radical (unpaired) electrons. The van der Waals surface area contributed by atoms with Crippen LogP contribution in [-0.4, -0.2) is 30.9 Å². The number of nitrogens with zero attached hydrogens (tertiary/aromatic N) is 1. The van der Waals surface area contributed by atoms with E-state index in [4.69, 9.17) is 27.9 Å². The third kappa shape index (κ3) is 4.02. The zero-order valence-corrected chi connectivity index (χ0v) is 20.7. The van der Waals surface area contributed by atoms with Gasteiger partial charge in [-0.05, 0) is 54.3 Å². The molecule has 9 heteroatoms. The maximum absolute atomic E-state index is 14.8. The number of methoxy groups -OCH3 is 1. The molecule has 1 aliphatic heterocycles. The first kappa shape index (κ1) is 24.3. The highest BCUT2D eigenvalue weighted by Crippen LogP contribution is 2.59. The summed E-state index contributed by atoms with van der Waals surface area (Å²) in [6.45, 7) is 0. The maximum Gasteiger partial charge on any atom is 0.328 e. The van der Waals surface area contributed by atoms with Crippen LogP contribution in [0.15, 0.2) is 60.7 Å². The number of para-hydroxylation sites is 1. The average Bonchev–Trinajstić information content (AvgIpc) is 3.62. The van der Waals surface area contributed by atoms with Crippen molar-refractivity contribution in [1.29, 1.82) is 0 Å². The Labute approximate surface area is 216 Å². The number of fused-ring (bicyclic) bond motifs is 2. The van der Waals surface area contributed by atoms with Crippen molar-refractivity contribution in [2.75, 3.05) is 12.0 Å². The molecule has 1 N–H and O–H groups in total. The van der Waals surface area contributed by atoms with Gasteiger partial charge in [-0.1, -0.05) is 53.5 Å². The van der Waals surface area contributed by atoms with Crippen LogP contribution >= 0.6 is 23.2 Å². The predicted molar refractivity (Wildman–Crippen MR) is 134 cm³/mol. The number of halogens is 3. The first-order valence-corrected chi connectivity index (χ1v) is 12.1. The molecule has 0 bridgehead atoms. The van der Waals surface area contributed by atoms with Crippen LogP contribution in [0, 0.1) is 5.82 Å². The van der Waals surface area contributed by atoms with E-state index in [2.05, 4.69) is 5.32 Å². The van der Waals surface area contributed by atoms with Crippen molar-refractivity contribution in [3.8, 4) is 0 Å². The van der Waals surface area contributed by atoms with Crippen molar-refractivity contribution in [2.24, 2.45) is 0 Å². The molecule has 0 aromatic heterocycles. The second-order valence-electron chi connectivity index (χ2n) is 8.88. The molecule has 5 rings (SSSR count). The number of benzene rings is 3. The summed E-state index contributed by atoms with van der Waals surface area (Å²) in [5.41, 5.74) is 1.68. The van der Waals surface area contributed by atoms with Gasteiger partial charge in [-0.2, -0.15) is 0 Å². The molecule has 1 atom stereocenters. The largest absolute Gasteiger partial charge is 0.467 e. The van der Waals surface area contributed by atoms with Gasteiger partial charge in [0.1, 0.15) is 11.9 Å². The summed E-state index contributed by atoms with van der Waals surface area (Å²) in [5.74, 6) is -1.83. The van der Waals surface area contributed by atoms with Crippen LogP contribution in [0.5, 0.6) is 0 Å². The molecule has 1 heterocycles. The lowest BCUT2D eigenvalue weighted by Crippen LogP contribution is -2.43. The fourth-order valence-electron chi connectivity index (χ4n) is 4.71. The first-order chi connectivity index (χ1) is 17.3. The average molecular weight is 527 g/mol. The number of hydrogen-bond donors (Lipinski definition) is 1. The highest BCUT2D eigenvalue weighted by molar-refractivity contribution is 6.39. The highest BCUT2D eigenvalue weighted by atomic mass is 35.5. The molecule has 3 aromatic rings. The van der Waals surface area contributed by atoms with Gasteiger partial charge < -0.3 is 10.1 Å². The van der Waals surface area contributed by atoms with Gasteiger partial charge in [0.25, 0.3) is 5.91 Å². The minimum absolute atomic E-state index is 0.0623. The van der Waals surface area contributed by atoms with Gasteiger partial charge in [0, 0.05) is 12.1 Å². The summed E-state index contributed by atoms with van der Waals surface area (Å²) in [5, 5.41) is 2.95. The quantitative estimate of drug-likeness (QED) is 0.439. The van der Waals surface area contributed by atoms with Gasteiger partial charge in [0.05, 0.1) is 33.8 Å². The highest BCUT2D eigenvalue weighted by Gasteiger charge is 2.60. The van der Waals surface area contributed by atoms with Crippen molar-refractivity contribution < 1.29 is 23.5 Å². The molecule has 1 fully saturated rings. The van der Waals surface area contributed by atoms with Crippen molar-refractivity contribution in [3.63, 3.8) is 0 Å². The van der Waals surface area contributed by atoms with Gasteiger partial charge in [-0.25, -0.2) is 9.18 Å². The molecule has 0 saturated heterocycles. The molecule has 1 aliphatic carbocycles. The molecule has 2 amide bonds. The van der Waals surface area contributed by atoms with E-state index < -0.39 is 29.2 Å². The van der Waals surface area contributed by atoms with Crippen molar-refractivity contribution in [1.82, 2.24) is 5.32 Å². The Morgan fingerprint density at radius 1 is 1.06 bits per heavy atom. The molecule has 1 saturated carbocycles. The van der Waals surface area contributed by atoms with Crippen LogP contribution in [0.25, 0.3) is 0 Å². The Morgan fingerprint density at radius 3 is 2.31 bits per heavy atom. The van der Waals surface area contributed by atoms with Crippen LogP contribution < -0.4 is 10.2 Å². The molecule has 0 unspecified atom stereocenters. The number of carbonyl (C=O) groups is 3. The van der Waals surface area contributed by atoms with Crippen LogP contribution in [-0.2, 0) is 26.2 Å². The zero-order valence-electron chi connectivity index (χ0n) is 19.2. The Hall–Kier alpha value is -3.42. The van der Waals surface area contributed by atoms with E-state index in [1.165, 1.54) is 30.2 Å². The lowest BCUT2D eigenvalue weighted by atomic mass is 9.98. The van der Waals surface area contributed by atoms with Crippen LogP contribution in [0.1, 0.15) is 34.3 Å². The molecular weight excluding hydrogens is 506 g/mol. The fraction of sp³-hybridized carbons (Fsp3) is 0.222. The monoisotopic (exact) mass is 526 g/mol. The summed E-state index contributed by atoms with van der Waals surface area (Å²) in [4.78, 5) is 39.9. The molecule has 3 aromatic carbocycles. The number of amides is 2. The lowest BCUT2D eigenvalue weighted by molar-refractivity contribution is -0.142. The summed E-state index contributed by atoms with van der Waals surface area (Å²) in [6.07, 6.45) is 1.52. The SMILES string of the molecule is COC(=O)[C@H](Cc1ccc(N2C(=O)C3(CC3)c3cccc(F)c32)cc1)NC(=O)c1c(Cl)cccc1Cl. The second kappa shape index (κ2) is 9.22. The summed E-state index contributed by atoms with van der Waals surface area (Å²) < 4.78 is 19.6. The summed E-state index contributed by atoms with van der Waals surface area (Å²) in [7, 11) is 1.23. The molecule has 184 valence electrons. The lowest BCUT2D eigenvalue weighted by Gasteiger charge is -2.20. The smallest absolute Gasteiger partial charge is 0.328 e. The molecule has 6 nitrogen and oxygen atoms in total. The summed E-state index contributed by atoms with van der Waals surface area (Å²) >= 11 is 12.2. The molecule has 1 spiro atoms. The minimum atomic E-state index is -1.01. The molecule has 36 heavy (non-hydrogen) atoms. The van der Waals surface area contributed by atoms with Crippen LogP contribution in [0.3, 0.4) is 0 Å². The Morgan fingerprint density at radius 2 is 1.69 bits per heavy atom. The number of ether oxygens (including phenoxy) is 1. The van der Waals surface area contributed by atoms with E-state index in [9.17, 15) is 18.8 Å². The van der Waals surface area contributed by atoms with Crippen LogP contribution in [0.2, 0.25) is 10.0 Å². The third-order valence-electron chi connectivity index (χ3n) is 6.70. The van der Waals surface area contributed by atoms with E-state index in [1.54, 1.807) is 36.4 Å². The maximum atomic E-state index is 14.8. The van der Waals surface area contributed by atoms with Crippen molar-refractivity contribution in [3.05, 3.63) is 93.2 Å². The van der Waals surface area contributed by atoms with E-state index >= 15 is 0 Å². The van der Waals surface area contributed by atoms with Gasteiger partial charge >= 0.3 is 5.97 Å². The van der Waals surface area contributed by atoms with E-state index in [0.717, 1.165) is 5.56 Å². The Kier molecular flexibility index (Phi) is 6.22. The van der Waals surface area contributed by atoms with Gasteiger partial charge in [0.2, 0.25) is 5.91 Å². The summed E-state index contributed by atoms with van der Waals surface area (Å²) in [6, 6.07) is 15.3.